The second-order valence-corrected chi connectivity index (χ2v) is 8.57. The molecule has 29 heavy (non-hydrogen) atoms. The number of aryl methyl sites for hydroxylation is 1. The van der Waals surface area contributed by atoms with Crippen LogP contribution >= 0.6 is 0 Å². The minimum atomic E-state index is -7.17. The van der Waals surface area contributed by atoms with E-state index in [0.29, 0.717) is 0 Å². The molecule has 0 saturated heterocycles. The van der Waals surface area contributed by atoms with E-state index in [-0.39, 0.29) is 0 Å². The Morgan fingerprint density at radius 1 is 0.862 bits per heavy atom. The lowest BCUT2D eigenvalue weighted by Crippen LogP contribution is -2.53. The Balaban J connectivity index is 0.000000604. The molecule has 7 nitrogen and oxygen atoms in total. The Hall–Kier alpha value is -1.70. The molecule has 0 unspecified atom stereocenters. The molecule has 0 amide bonds. The van der Waals surface area contributed by atoms with Gasteiger partial charge in [0.1, 0.15) is 12.4 Å². The first-order valence-corrected chi connectivity index (χ1v) is 9.26. The van der Waals surface area contributed by atoms with Crippen LogP contribution in [0.3, 0.4) is 0 Å². The van der Waals surface area contributed by atoms with Crippen LogP contribution in [0.1, 0.15) is 0 Å². The van der Waals surface area contributed by atoms with Gasteiger partial charge in [-0.2, -0.15) is 48.3 Å². The fourth-order valence-electron chi connectivity index (χ4n) is 1.20. The Morgan fingerprint density at radius 3 is 1.59 bits per heavy atom. The lowest BCUT2D eigenvalue weighted by Gasteiger charge is -2.20. The summed E-state index contributed by atoms with van der Waals surface area (Å²) in [4.78, 5) is 0. The number of hydrogen-bond donors (Lipinski definition) is 1. The van der Waals surface area contributed by atoms with Crippen LogP contribution in [0.2, 0.25) is 0 Å². The van der Waals surface area contributed by atoms with Crippen molar-refractivity contribution in [2.45, 2.75) is 29.7 Å². The molecule has 0 spiro atoms. The van der Waals surface area contributed by atoms with Crippen molar-refractivity contribution in [2.24, 2.45) is 7.05 Å². The highest BCUT2D eigenvalue weighted by atomic mass is 32.3. The van der Waals surface area contributed by atoms with Crippen molar-refractivity contribution in [3.05, 3.63) is 18.7 Å². The normalized spacial score (nSPS) is 14.3. The number of alkyl halides is 11. The quantitative estimate of drug-likeness (QED) is 0.509. The van der Waals surface area contributed by atoms with E-state index in [1.165, 1.54) is 12.5 Å². The summed E-state index contributed by atoms with van der Waals surface area (Å²) < 4.78 is 172. The maximum atomic E-state index is 12.2. The molecule has 0 aliphatic carbocycles. The molecule has 0 bridgehead atoms. The van der Waals surface area contributed by atoms with Crippen LogP contribution in [0.25, 0.3) is 0 Å². The van der Waals surface area contributed by atoms with Crippen molar-refractivity contribution in [1.29, 1.82) is 0 Å². The summed E-state index contributed by atoms with van der Waals surface area (Å²) in [6.07, 6.45) is -6.60. The van der Waals surface area contributed by atoms with E-state index in [0.717, 1.165) is 4.57 Å². The molecule has 172 valence electrons. The van der Waals surface area contributed by atoms with Crippen LogP contribution in [0, 0.1) is 0 Å². The van der Waals surface area contributed by atoms with Gasteiger partial charge in [-0.15, -0.1) is 0 Å². The van der Waals surface area contributed by atoms with Gasteiger partial charge < -0.3 is 0 Å². The van der Waals surface area contributed by atoms with E-state index in [9.17, 15) is 65.1 Å². The standard InChI is InChI=1S/C6H8F3N2.C3HF8NO4S2/c1-10-2-3-11(5-10)4-6(7,8)9;4-1(5,6)2(7,8)17(13,14)12-18(15,16)3(9,10)11/h2-3,5H,4H2,1H3;12H/q+1;. The molecular weight excluding hydrogens is 487 g/mol. The third kappa shape index (κ3) is 7.57. The number of rotatable bonds is 4. The first-order valence-electron chi connectivity index (χ1n) is 6.30. The highest BCUT2D eigenvalue weighted by Crippen LogP contribution is 2.40. The Labute approximate surface area is 154 Å². The molecule has 0 aliphatic heterocycles. The van der Waals surface area contributed by atoms with Crippen molar-refractivity contribution < 1.29 is 69.7 Å². The minimum Gasteiger partial charge on any atom is -0.240 e. The molecule has 0 atom stereocenters. The molecule has 1 rings (SSSR count). The number of sulfonamides is 2. The van der Waals surface area contributed by atoms with E-state index >= 15 is 0 Å². The van der Waals surface area contributed by atoms with Crippen LogP contribution in [-0.2, 0) is 33.6 Å². The Kier molecular flexibility index (Phi) is 7.72. The van der Waals surface area contributed by atoms with Gasteiger partial charge in [0.05, 0.1) is 7.05 Å². The number of imidazole rings is 1. The zero-order valence-corrected chi connectivity index (χ0v) is 15.1. The number of nitrogens with one attached hydrogen (secondary N) is 1. The molecule has 0 saturated carbocycles. The summed E-state index contributed by atoms with van der Waals surface area (Å²) in [5, 5.41) is -6.71. The van der Waals surface area contributed by atoms with Crippen LogP contribution in [0.15, 0.2) is 18.7 Å². The van der Waals surface area contributed by atoms with Gasteiger partial charge in [0.15, 0.2) is 6.54 Å². The molecule has 1 aromatic heterocycles. The van der Waals surface area contributed by atoms with Gasteiger partial charge in [-0.3, -0.25) is 0 Å². The van der Waals surface area contributed by atoms with E-state index in [1.54, 1.807) is 17.8 Å². The molecule has 0 aromatic carbocycles. The largest absolute Gasteiger partial charge is 0.512 e. The fraction of sp³-hybridized carbons (Fsp3) is 0.667. The number of aromatic nitrogens is 2. The van der Waals surface area contributed by atoms with Gasteiger partial charge in [0.25, 0.3) is 0 Å². The predicted octanol–water partition coefficient (Wildman–Crippen LogP) is 1.79. The smallest absolute Gasteiger partial charge is 0.240 e. The van der Waals surface area contributed by atoms with Crippen molar-refractivity contribution in [2.75, 3.05) is 0 Å². The lowest BCUT2D eigenvalue weighted by atomic mass is 10.6. The van der Waals surface area contributed by atoms with Crippen molar-refractivity contribution >= 4 is 20.0 Å². The third-order valence-electron chi connectivity index (χ3n) is 2.38. The zero-order chi connectivity index (χ0) is 23.7. The van der Waals surface area contributed by atoms with E-state index in [1.807, 2.05) is 0 Å². The first-order chi connectivity index (χ1) is 12.4. The van der Waals surface area contributed by atoms with Crippen LogP contribution in [0.4, 0.5) is 48.3 Å². The summed E-state index contributed by atoms with van der Waals surface area (Å²) in [5.74, 6) is 0. The predicted molar refractivity (Wildman–Crippen MR) is 69.7 cm³/mol. The summed E-state index contributed by atoms with van der Waals surface area (Å²) in [7, 11) is -12.4. The minimum absolute atomic E-state index is 0.731. The molecule has 0 fully saturated rings. The third-order valence-corrected chi connectivity index (χ3v) is 5.65. The Bertz CT molecular complexity index is 897. The van der Waals surface area contributed by atoms with Gasteiger partial charge in [0.2, 0.25) is 6.33 Å². The molecule has 0 radical (unpaired) electrons. The van der Waals surface area contributed by atoms with Crippen LogP contribution in [-0.4, -0.2) is 44.5 Å². The zero-order valence-electron chi connectivity index (χ0n) is 13.4. The monoisotopic (exact) mass is 496 g/mol. The first kappa shape index (κ1) is 27.3. The lowest BCUT2D eigenvalue weighted by molar-refractivity contribution is -0.671. The maximum Gasteiger partial charge on any atom is 0.512 e. The van der Waals surface area contributed by atoms with Crippen molar-refractivity contribution in [1.82, 2.24) is 8.69 Å². The van der Waals surface area contributed by atoms with E-state index in [4.69, 9.17) is 0 Å². The van der Waals surface area contributed by atoms with E-state index < -0.39 is 53.8 Å². The van der Waals surface area contributed by atoms with Gasteiger partial charge in [-0.25, -0.2) is 26.0 Å². The highest BCUT2D eigenvalue weighted by molar-refractivity contribution is 8.05. The van der Waals surface area contributed by atoms with Gasteiger partial charge >= 0.3 is 43.2 Å². The summed E-state index contributed by atoms with van der Waals surface area (Å²) in [5.41, 5.74) is -6.37. The topological polar surface area (TPSA) is 89.1 Å². The summed E-state index contributed by atoms with van der Waals surface area (Å²) in [6.45, 7) is -0.923. The van der Waals surface area contributed by atoms with Gasteiger partial charge in [0, 0.05) is 0 Å². The number of hydrogen-bond acceptors (Lipinski definition) is 4. The SMILES string of the molecule is C[n+]1ccn(CC(F)(F)F)c1.O=S(=O)(NS(=O)(=O)C(F)(F)C(F)(F)F)C(F)(F)F. The molecular formula is C9H9F11N3O4S2+. The van der Waals surface area contributed by atoms with Crippen LogP contribution < -0.4 is 8.69 Å². The molecule has 20 heteroatoms. The molecule has 0 aliphatic rings. The molecule has 1 N–H and O–H groups in total. The van der Waals surface area contributed by atoms with Crippen molar-refractivity contribution in [3.8, 4) is 0 Å². The summed E-state index contributed by atoms with van der Waals surface area (Å²) in [6, 6.07) is 0. The number of nitrogens with zero attached hydrogens (tertiary/aromatic N) is 2. The maximum absolute atomic E-state index is 12.2. The summed E-state index contributed by atoms with van der Waals surface area (Å²) >= 11 is 0. The average Bonchev–Trinajstić information content (AvgIpc) is 2.78. The molecule has 1 heterocycles. The van der Waals surface area contributed by atoms with Crippen LogP contribution in [0.5, 0.6) is 0 Å². The fourth-order valence-corrected chi connectivity index (χ4v) is 3.46. The highest BCUT2D eigenvalue weighted by Gasteiger charge is 2.69. The molecule has 1 aromatic rings. The van der Waals surface area contributed by atoms with Gasteiger partial charge in [-0.05, 0) is 0 Å². The van der Waals surface area contributed by atoms with Gasteiger partial charge in [-0.1, -0.05) is 4.13 Å². The average molecular weight is 496 g/mol. The second-order valence-electron chi connectivity index (χ2n) is 4.92. The second kappa shape index (κ2) is 8.20. The van der Waals surface area contributed by atoms with Crippen molar-refractivity contribution in [3.63, 3.8) is 0 Å². The van der Waals surface area contributed by atoms with E-state index in [2.05, 4.69) is 0 Å². The Morgan fingerprint density at radius 2 is 1.31 bits per heavy atom. The number of halogens is 11.